The van der Waals surface area contributed by atoms with Gasteiger partial charge in [-0.2, -0.15) is 0 Å². The molecule has 0 spiro atoms. The smallest absolute Gasteiger partial charge is 0.289 e. The van der Waals surface area contributed by atoms with E-state index in [1.807, 2.05) is 13.0 Å². The number of fused-ring (bicyclic) bond motifs is 1. The average molecular weight is 340 g/mol. The van der Waals surface area contributed by atoms with Gasteiger partial charge in [0.15, 0.2) is 12.0 Å². The van der Waals surface area contributed by atoms with Gasteiger partial charge in [0.25, 0.3) is 5.69 Å². The number of aromatic nitrogens is 1. The summed E-state index contributed by atoms with van der Waals surface area (Å²) in [4.78, 5) is 25.4. The highest BCUT2D eigenvalue weighted by Crippen LogP contribution is 2.42. The Hall–Kier alpha value is -3.35. The fourth-order valence-corrected chi connectivity index (χ4v) is 2.82. The fraction of sp³-hybridized carbons (Fsp3) is 0.167. The molecule has 0 aliphatic carbocycles. The van der Waals surface area contributed by atoms with Gasteiger partial charge in [-0.15, -0.1) is 0 Å². The van der Waals surface area contributed by atoms with E-state index < -0.39 is 4.92 Å². The predicted octanol–water partition coefficient (Wildman–Crippen LogP) is 3.96. The van der Waals surface area contributed by atoms with Crippen LogP contribution in [-0.2, 0) is 0 Å². The Kier molecular flexibility index (Phi) is 4.38. The van der Waals surface area contributed by atoms with Crippen LogP contribution in [-0.4, -0.2) is 29.9 Å². The number of benzene rings is 2. The highest BCUT2D eigenvalue weighted by Gasteiger charge is 2.25. The Labute approximate surface area is 143 Å². The van der Waals surface area contributed by atoms with Gasteiger partial charge in [-0.3, -0.25) is 14.9 Å². The summed E-state index contributed by atoms with van der Waals surface area (Å²) in [7, 11) is 1.56. The molecule has 0 aliphatic heterocycles. The van der Waals surface area contributed by atoms with E-state index in [0.29, 0.717) is 35.6 Å². The molecule has 2 aromatic carbocycles. The van der Waals surface area contributed by atoms with Crippen molar-refractivity contribution in [3.05, 3.63) is 52.1 Å². The Bertz CT molecular complexity index is 961. The number of hydrogen-bond acceptors (Lipinski definition) is 5. The lowest BCUT2D eigenvalue weighted by Crippen LogP contribution is -1.99. The molecule has 0 fully saturated rings. The van der Waals surface area contributed by atoms with Gasteiger partial charge in [0.1, 0.15) is 5.75 Å². The quantitative estimate of drug-likeness (QED) is 0.416. The van der Waals surface area contributed by atoms with Crippen LogP contribution in [0.15, 0.2) is 36.4 Å². The molecular formula is C18H16N2O5. The minimum Gasteiger partial charge on any atom is -0.497 e. The number of H-pyrrole nitrogens is 1. The van der Waals surface area contributed by atoms with Crippen molar-refractivity contribution < 1.29 is 19.2 Å². The third-order valence-corrected chi connectivity index (χ3v) is 3.89. The Balaban J connectivity index is 2.34. The monoisotopic (exact) mass is 340 g/mol. The molecule has 25 heavy (non-hydrogen) atoms. The summed E-state index contributed by atoms with van der Waals surface area (Å²) >= 11 is 0. The molecule has 1 aromatic heterocycles. The number of hydrogen-bond donors (Lipinski definition) is 1. The molecule has 1 heterocycles. The second-order valence-corrected chi connectivity index (χ2v) is 5.29. The Morgan fingerprint density at radius 2 is 2.08 bits per heavy atom. The molecule has 7 nitrogen and oxygen atoms in total. The van der Waals surface area contributed by atoms with Gasteiger partial charge >= 0.3 is 0 Å². The SMILES string of the molecule is CCOc1c(-c2cccc(C=O)c2[N+](=O)[O-])[nH]c2ccc(OC)cc12. The summed E-state index contributed by atoms with van der Waals surface area (Å²) in [6, 6.07) is 10.0. The molecule has 0 atom stereocenters. The minimum absolute atomic E-state index is 0.0150. The van der Waals surface area contributed by atoms with Crippen molar-refractivity contribution in [2.75, 3.05) is 13.7 Å². The van der Waals surface area contributed by atoms with Crippen molar-refractivity contribution in [2.45, 2.75) is 6.92 Å². The van der Waals surface area contributed by atoms with Crippen LogP contribution in [0, 0.1) is 10.1 Å². The Morgan fingerprint density at radius 1 is 1.28 bits per heavy atom. The van der Waals surface area contributed by atoms with Gasteiger partial charge in [0.2, 0.25) is 0 Å². The number of carbonyl (C=O) groups is 1. The molecule has 0 amide bonds. The summed E-state index contributed by atoms with van der Waals surface area (Å²) in [5.41, 5.74) is 1.27. The van der Waals surface area contributed by atoms with E-state index in [1.54, 1.807) is 31.4 Å². The number of aromatic amines is 1. The molecule has 0 aliphatic rings. The predicted molar refractivity (Wildman–Crippen MR) is 93.5 cm³/mol. The molecule has 0 unspecified atom stereocenters. The largest absolute Gasteiger partial charge is 0.497 e. The highest BCUT2D eigenvalue weighted by molar-refractivity contribution is 5.98. The zero-order valence-corrected chi connectivity index (χ0v) is 13.7. The molecule has 3 aromatic rings. The van der Waals surface area contributed by atoms with E-state index in [-0.39, 0.29) is 11.3 Å². The number of nitro groups is 1. The van der Waals surface area contributed by atoms with E-state index in [2.05, 4.69) is 4.98 Å². The molecule has 7 heteroatoms. The van der Waals surface area contributed by atoms with E-state index in [4.69, 9.17) is 9.47 Å². The summed E-state index contributed by atoms with van der Waals surface area (Å²) in [6.07, 6.45) is 0.480. The summed E-state index contributed by atoms with van der Waals surface area (Å²) in [5.74, 6) is 1.14. The van der Waals surface area contributed by atoms with Gasteiger partial charge in [0, 0.05) is 10.9 Å². The first-order valence-corrected chi connectivity index (χ1v) is 7.66. The highest BCUT2D eigenvalue weighted by atomic mass is 16.6. The molecule has 1 N–H and O–H groups in total. The second-order valence-electron chi connectivity index (χ2n) is 5.29. The summed E-state index contributed by atoms with van der Waals surface area (Å²) in [5, 5.41) is 12.3. The third kappa shape index (κ3) is 2.80. The number of rotatable bonds is 6. The van der Waals surface area contributed by atoms with Gasteiger partial charge in [-0.1, -0.05) is 6.07 Å². The van der Waals surface area contributed by atoms with Gasteiger partial charge in [-0.25, -0.2) is 0 Å². The number of nitrogens with zero attached hydrogens (tertiary/aromatic N) is 1. The van der Waals surface area contributed by atoms with Crippen molar-refractivity contribution >= 4 is 22.9 Å². The van der Waals surface area contributed by atoms with Gasteiger partial charge in [-0.05, 0) is 37.3 Å². The maximum Gasteiger partial charge on any atom is 0.289 e. The average Bonchev–Trinajstić information content (AvgIpc) is 2.98. The fourth-order valence-electron chi connectivity index (χ4n) is 2.82. The van der Waals surface area contributed by atoms with E-state index in [9.17, 15) is 14.9 Å². The van der Waals surface area contributed by atoms with Crippen LogP contribution in [0.25, 0.3) is 22.2 Å². The van der Waals surface area contributed by atoms with Crippen LogP contribution in [0.3, 0.4) is 0 Å². The molecule has 3 rings (SSSR count). The number of para-hydroxylation sites is 1. The van der Waals surface area contributed by atoms with Crippen molar-refractivity contribution in [2.24, 2.45) is 0 Å². The zero-order chi connectivity index (χ0) is 18.0. The number of methoxy groups -OCH3 is 1. The van der Waals surface area contributed by atoms with Crippen molar-refractivity contribution in [3.8, 4) is 22.8 Å². The van der Waals surface area contributed by atoms with Crippen molar-refractivity contribution in [1.82, 2.24) is 4.98 Å². The van der Waals surface area contributed by atoms with E-state index in [1.165, 1.54) is 6.07 Å². The maximum absolute atomic E-state index is 11.5. The number of ether oxygens (including phenoxy) is 2. The minimum atomic E-state index is -0.555. The molecule has 0 saturated heterocycles. The lowest BCUT2D eigenvalue weighted by molar-refractivity contribution is -0.384. The standard InChI is InChI=1S/C18H16N2O5/c1-3-25-18-14-9-12(24-2)7-8-15(14)19-16(18)13-6-4-5-11(10-21)17(13)20(22)23/h4-10,19H,3H2,1-2H3. The first-order chi connectivity index (χ1) is 12.1. The molecule has 0 bridgehead atoms. The van der Waals surface area contributed by atoms with Crippen LogP contribution in [0.1, 0.15) is 17.3 Å². The molecular weight excluding hydrogens is 324 g/mol. The van der Waals surface area contributed by atoms with Crippen molar-refractivity contribution in [3.63, 3.8) is 0 Å². The second kappa shape index (κ2) is 6.64. The maximum atomic E-state index is 11.5. The first-order valence-electron chi connectivity index (χ1n) is 7.66. The third-order valence-electron chi connectivity index (χ3n) is 3.89. The zero-order valence-electron chi connectivity index (χ0n) is 13.7. The van der Waals surface area contributed by atoms with E-state index >= 15 is 0 Å². The van der Waals surface area contributed by atoms with Crippen molar-refractivity contribution in [1.29, 1.82) is 0 Å². The lowest BCUT2D eigenvalue weighted by atomic mass is 10.0. The van der Waals surface area contributed by atoms with E-state index in [0.717, 1.165) is 10.9 Å². The normalized spacial score (nSPS) is 10.6. The molecule has 0 radical (unpaired) electrons. The topological polar surface area (TPSA) is 94.5 Å². The van der Waals surface area contributed by atoms with Crippen LogP contribution in [0.4, 0.5) is 5.69 Å². The number of nitro benzene ring substituents is 1. The van der Waals surface area contributed by atoms with Gasteiger partial charge in [0.05, 0.1) is 35.5 Å². The number of aldehydes is 1. The van der Waals surface area contributed by atoms with Crippen LogP contribution in [0.2, 0.25) is 0 Å². The first kappa shape index (κ1) is 16.5. The Morgan fingerprint density at radius 3 is 2.72 bits per heavy atom. The van der Waals surface area contributed by atoms with Crippen LogP contribution < -0.4 is 9.47 Å². The molecule has 128 valence electrons. The molecule has 0 saturated carbocycles. The number of nitrogens with one attached hydrogen (secondary N) is 1. The lowest BCUT2D eigenvalue weighted by Gasteiger charge is -2.08. The van der Waals surface area contributed by atoms with Gasteiger partial charge < -0.3 is 14.5 Å². The van der Waals surface area contributed by atoms with Crippen LogP contribution in [0.5, 0.6) is 11.5 Å². The van der Waals surface area contributed by atoms with Crippen LogP contribution >= 0.6 is 0 Å². The summed E-state index contributed by atoms with van der Waals surface area (Å²) < 4.78 is 11.0. The number of carbonyl (C=O) groups excluding carboxylic acids is 1. The summed E-state index contributed by atoms with van der Waals surface area (Å²) in [6.45, 7) is 2.22.